The van der Waals surface area contributed by atoms with Crippen LogP contribution in [-0.4, -0.2) is 79.5 Å². The minimum absolute atomic E-state index is 0.0806. The van der Waals surface area contributed by atoms with E-state index in [-0.39, 0.29) is 30.7 Å². The van der Waals surface area contributed by atoms with Crippen LogP contribution in [-0.2, 0) is 34.4 Å². The van der Waals surface area contributed by atoms with Crippen molar-refractivity contribution in [1.29, 1.82) is 5.26 Å². The number of hydrogen-bond acceptors (Lipinski definition) is 12. The first-order valence-corrected chi connectivity index (χ1v) is 22.9. The molecule has 3 heterocycles. The maximum Gasteiger partial charge on any atom is 0.472 e. The third kappa shape index (κ3) is 14.5. The Morgan fingerprint density at radius 2 is 1.60 bits per heavy atom. The second-order valence-electron chi connectivity index (χ2n) is 15.6. The van der Waals surface area contributed by atoms with Gasteiger partial charge in [0.25, 0.3) is 0 Å². The Balaban J connectivity index is 1.21. The number of anilines is 1. The molecule has 4 rings (SSSR count). The molecule has 58 heavy (non-hydrogen) atoms. The number of ether oxygens (including phenoxy) is 3. The van der Waals surface area contributed by atoms with Gasteiger partial charge in [-0.1, -0.05) is 121 Å². The zero-order chi connectivity index (χ0) is 42.0. The van der Waals surface area contributed by atoms with Gasteiger partial charge in [0.1, 0.15) is 47.9 Å². The van der Waals surface area contributed by atoms with Crippen LogP contribution in [0.1, 0.15) is 146 Å². The number of hydrogen-bond donors (Lipinski definition) is 4. The van der Waals surface area contributed by atoms with Crippen LogP contribution in [0.4, 0.5) is 5.82 Å². The molecule has 1 fully saturated rings. The summed E-state index contributed by atoms with van der Waals surface area (Å²) < 4.78 is 43.8. The Labute approximate surface area is 348 Å². The van der Waals surface area contributed by atoms with Gasteiger partial charge in [-0.05, 0) is 50.1 Å². The fourth-order valence-corrected chi connectivity index (χ4v) is 8.52. The van der Waals surface area contributed by atoms with Crippen LogP contribution in [0.25, 0.3) is 5.52 Å². The number of halogens is 1. The maximum atomic E-state index is 13.3. The van der Waals surface area contributed by atoms with E-state index in [1.54, 1.807) is 30.3 Å². The Morgan fingerprint density at radius 3 is 2.21 bits per heavy atom. The van der Waals surface area contributed by atoms with Crippen LogP contribution in [0.3, 0.4) is 0 Å². The number of nitrogens with two attached hydrogens (primary N) is 1. The van der Waals surface area contributed by atoms with Crippen LogP contribution in [0, 0.1) is 11.3 Å². The van der Waals surface area contributed by atoms with Crippen molar-refractivity contribution >= 4 is 30.8 Å². The van der Waals surface area contributed by atoms with Gasteiger partial charge in [-0.2, -0.15) is 10.4 Å². The van der Waals surface area contributed by atoms with E-state index in [0.717, 1.165) is 19.3 Å². The molecule has 3 aromatic rings. The monoisotopic (exact) mass is 849 g/mol. The molecule has 1 aliphatic rings. The van der Waals surface area contributed by atoms with Crippen molar-refractivity contribution in [2.45, 2.75) is 166 Å². The highest BCUT2D eigenvalue weighted by Gasteiger charge is 2.57. The zero-order valence-corrected chi connectivity index (χ0v) is 36.1. The molecule has 0 saturated carbocycles. The van der Waals surface area contributed by atoms with Crippen molar-refractivity contribution in [1.82, 2.24) is 14.6 Å². The lowest BCUT2D eigenvalue weighted by atomic mass is 9.91. The predicted octanol–water partition coefficient (Wildman–Crippen LogP) is 8.77. The van der Waals surface area contributed by atoms with Crippen LogP contribution in [0.15, 0.2) is 36.7 Å². The number of aromatic nitrogens is 3. The van der Waals surface area contributed by atoms with E-state index < -0.39 is 43.9 Å². The molecule has 1 saturated heterocycles. The summed E-state index contributed by atoms with van der Waals surface area (Å²) in [6, 6.07) is 10.3. The number of benzene rings is 1. The summed E-state index contributed by atoms with van der Waals surface area (Å²) in [6.07, 6.45) is 15.7. The summed E-state index contributed by atoms with van der Waals surface area (Å²) >= 11 is 6.22. The highest BCUT2D eigenvalue weighted by Crippen LogP contribution is 2.50. The molecule has 14 nitrogen and oxygen atoms in total. The Bertz CT molecular complexity index is 1760. The Hall–Kier alpha value is -2.67. The molecule has 0 amide bonds. The van der Waals surface area contributed by atoms with Gasteiger partial charge in [-0.3, -0.25) is 9.05 Å². The van der Waals surface area contributed by atoms with Crippen LogP contribution >= 0.6 is 19.4 Å². The Morgan fingerprint density at radius 1 is 0.983 bits per heavy atom. The first-order valence-electron chi connectivity index (χ1n) is 21.1. The summed E-state index contributed by atoms with van der Waals surface area (Å²) in [7, 11) is -4.77. The highest BCUT2D eigenvalue weighted by atomic mass is 35.5. The average molecular weight is 850 g/mol. The third-order valence-electron chi connectivity index (χ3n) is 11.0. The molecular weight excluding hydrogens is 785 g/mol. The second-order valence-corrected chi connectivity index (χ2v) is 17.4. The first-order chi connectivity index (χ1) is 27.9. The summed E-state index contributed by atoms with van der Waals surface area (Å²) in [5.74, 6) is 0.223. The number of nitrogen functional groups attached to an aromatic ring is 1. The molecule has 0 aliphatic carbocycles. The van der Waals surface area contributed by atoms with Gasteiger partial charge >= 0.3 is 7.82 Å². The summed E-state index contributed by atoms with van der Waals surface area (Å²) in [5.41, 5.74) is 6.25. The number of phosphoric acid groups is 1. The normalized spacial score (nSPS) is 21.6. The zero-order valence-electron chi connectivity index (χ0n) is 34.5. The average Bonchev–Trinajstić information content (AvgIpc) is 3.73. The number of aliphatic hydroxyl groups is 2. The molecule has 5 N–H and O–H groups in total. The van der Waals surface area contributed by atoms with E-state index in [9.17, 15) is 24.9 Å². The fourth-order valence-electron chi connectivity index (χ4n) is 7.25. The SMILES string of the molecule is CCCCCCCCCCCCCCCCCCOC[C@H](COP(=O)(O)O[C@@H](C)[C@@]1(C)O[C@@H](c2ccc3c(N)ncnn23)[C@H](O)[C@@H]1O)OCc1ccc(C#N)c(Cl)c1. The molecule has 0 spiro atoms. The van der Waals surface area contributed by atoms with Gasteiger partial charge in [-0.25, -0.2) is 14.1 Å². The quantitative estimate of drug-likeness (QED) is 0.0381. The topological polar surface area (TPSA) is 204 Å². The first kappa shape index (κ1) is 48.0. The molecule has 1 aromatic carbocycles. The molecule has 2 aromatic heterocycles. The molecule has 0 bridgehead atoms. The lowest BCUT2D eigenvalue weighted by Crippen LogP contribution is -2.49. The van der Waals surface area contributed by atoms with E-state index in [1.165, 1.54) is 108 Å². The van der Waals surface area contributed by atoms with E-state index >= 15 is 0 Å². The van der Waals surface area contributed by atoms with Crippen LogP contribution < -0.4 is 5.73 Å². The van der Waals surface area contributed by atoms with Gasteiger partial charge in [0.05, 0.1) is 42.2 Å². The lowest BCUT2D eigenvalue weighted by Gasteiger charge is -2.34. The second kappa shape index (κ2) is 24.6. The van der Waals surface area contributed by atoms with E-state index in [4.69, 9.17) is 40.6 Å². The molecule has 7 atom stereocenters. The minimum atomic E-state index is -4.77. The fraction of sp³-hybridized carbons (Fsp3) is 0.690. The molecule has 1 unspecified atom stereocenters. The predicted molar refractivity (Wildman–Crippen MR) is 223 cm³/mol. The number of nitrogens with zero attached hydrogens (tertiary/aromatic N) is 4. The summed E-state index contributed by atoms with van der Waals surface area (Å²) in [6.45, 7) is 5.50. The number of aliphatic hydroxyl groups excluding tert-OH is 2. The smallest absolute Gasteiger partial charge is 0.387 e. The van der Waals surface area contributed by atoms with Crippen molar-refractivity contribution < 1.29 is 42.9 Å². The molecule has 0 radical (unpaired) electrons. The molecule has 16 heteroatoms. The van der Waals surface area contributed by atoms with Crippen molar-refractivity contribution in [2.75, 3.05) is 25.6 Å². The van der Waals surface area contributed by atoms with Gasteiger partial charge in [0.15, 0.2) is 5.82 Å². The van der Waals surface area contributed by atoms with Gasteiger partial charge in [0, 0.05) is 6.61 Å². The van der Waals surface area contributed by atoms with Crippen LogP contribution in [0.2, 0.25) is 5.02 Å². The molecular formula is C42H65ClN5O9P. The number of phosphoric ester groups is 1. The largest absolute Gasteiger partial charge is 0.472 e. The number of unbranched alkanes of at least 4 members (excludes halogenated alkanes) is 15. The van der Waals surface area contributed by atoms with E-state index in [0.29, 0.717) is 28.9 Å². The molecule has 324 valence electrons. The van der Waals surface area contributed by atoms with Crippen molar-refractivity contribution in [3.8, 4) is 6.07 Å². The van der Waals surface area contributed by atoms with Gasteiger partial charge in [0.2, 0.25) is 0 Å². The van der Waals surface area contributed by atoms with Crippen LogP contribution in [0.5, 0.6) is 0 Å². The summed E-state index contributed by atoms with van der Waals surface area (Å²) in [5, 5.41) is 35.8. The van der Waals surface area contributed by atoms with E-state index in [2.05, 4.69) is 17.0 Å². The number of fused-ring (bicyclic) bond motifs is 1. The van der Waals surface area contributed by atoms with Crippen molar-refractivity contribution in [3.63, 3.8) is 0 Å². The standard InChI is InChI=1S/C42H65ClN5O9P/c1-4-5-6-7-8-9-10-11-12-13-14-15-16-17-18-19-24-53-28-34(54-27-32-20-21-33(26-44)35(43)25-32)29-55-58(51,52)57-31(2)42(3)40(50)38(49)39(56-42)36-22-23-37-41(45)46-30-47-48(36)37/h20-23,25,30-31,34,38-40,49-50H,4-19,24,27-29H2,1-3H3,(H,51,52)(H2,45,46,47)/t31-,34+,38-,39-,40-,42+/m0/s1. The van der Waals surface area contributed by atoms with Crippen molar-refractivity contribution in [2.24, 2.45) is 0 Å². The summed E-state index contributed by atoms with van der Waals surface area (Å²) in [4.78, 5) is 14.8. The number of rotatable bonds is 29. The van der Waals surface area contributed by atoms with E-state index in [1.807, 2.05) is 6.07 Å². The van der Waals surface area contributed by atoms with Crippen molar-refractivity contribution in [3.05, 3.63) is 58.5 Å². The number of nitriles is 1. The van der Waals surface area contributed by atoms with Gasteiger partial charge < -0.3 is 35.1 Å². The lowest BCUT2D eigenvalue weighted by molar-refractivity contribution is -0.134. The van der Waals surface area contributed by atoms with Gasteiger partial charge in [-0.15, -0.1) is 0 Å². The molecule has 1 aliphatic heterocycles. The minimum Gasteiger partial charge on any atom is -0.387 e. The third-order valence-corrected chi connectivity index (χ3v) is 12.4. The maximum absolute atomic E-state index is 13.3. The highest BCUT2D eigenvalue weighted by molar-refractivity contribution is 7.47. The Kier molecular flexibility index (Phi) is 20.3.